The van der Waals surface area contributed by atoms with Gasteiger partial charge in [-0.05, 0) is 31.6 Å². The molecule has 0 aromatic heterocycles. The monoisotopic (exact) mass is 302 g/mol. The molecule has 2 heteroatoms. The third kappa shape index (κ3) is 22.3. The SMILES string of the molecule is CCCCCC(O)CC(C)C.CCCCCCC(O)CC. The zero-order valence-electron chi connectivity index (χ0n) is 15.4. The minimum Gasteiger partial charge on any atom is -0.393 e. The smallest absolute Gasteiger partial charge is 0.0542 e. The van der Waals surface area contributed by atoms with Gasteiger partial charge in [-0.2, -0.15) is 0 Å². The summed E-state index contributed by atoms with van der Waals surface area (Å²) in [7, 11) is 0. The van der Waals surface area contributed by atoms with Crippen molar-refractivity contribution in [1.82, 2.24) is 0 Å². The molecule has 0 spiro atoms. The van der Waals surface area contributed by atoms with Gasteiger partial charge in [-0.15, -0.1) is 0 Å². The summed E-state index contributed by atoms with van der Waals surface area (Å²) >= 11 is 0. The predicted molar refractivity (Wildman–Crippen MR) is 94.7 cm³/mol. The number of aliphatic hydroxyl groups excluding tert-OH is 2. The van der Waals surface area contributed by atoms with Crippen LogP contribution in [-0.2, 0) is 0 Å². The minimum atomic E-state index is -0.0541. The molecule has 0 saturated heterocycles. The van der Waals surface area contributed by atoms with Crippen LogP contribution < -0.4 is 0 Å². The highest BCUT2D eigenvalue weighted by atomic mass is 16.3. The van der Waals surface area contributed by atoms with Gasteiger partial charge in [-0.3, -0.25) is 0 Å². The Balaban J connectivity index is 0. The second-order valence-corrected chi connectivity index (χ2v) is 6.69. The number of hydrogen-bond donors (Lipinski definition) is 2. The van der Waals surface area contributed by atoms with Crippen LogP contribution in [-0.4, -0.2) is 22.4 Å². The van der Waals surface area contributed by atoms with Crippen molar-refractivity contribution in [2.24, 2.45) is 5.92 Å². The topological polar surface area (TPSA) is 40.5 Å². The lowest BCUT2D eigenvalue weighted by Gasteiger charge is -2.11. The van der Waals surface area contributed by atoms with Crippen LogP contribution in [0.15, 0.2) is 0 Å². The molecule has 0 fully saturated rings. The third-order valence-electron chi connectivity index (χ3n) is 3.75. The molecule has 0 aliphatic heterocycles. The van der Waals surface area contributed by atoms with Gasteiger partial charge in [0.1, 0.15) is 0 Å². The highest BCUT2D eigenvalue weighted by molar-refractivity contribution is 4.58. The summed E-state index contributed by atoms with van der Waals surface area (Å²) in [4.78, 5) is 0. The molecule has 0 rings (SSSR count). The van der Waals surface area contributed by atoms with Crippen molar-refractivity contribution in [2.45, 2.75) is 117 Å². The van der Waals surface area contributed by atoms with Crippen molar-refractivity contribution < 1.29 is 10.2 Å². The van der Waals surface area contributed by atoms with Crippen LogP contribution in [0.5, 0.6) is 0 Å². The van der Waals surface area contributed by atoms with Crippen molar-refractivity contribution in [3.05, 3.63) is 0 Å². The normalized spacial score (nSPS) is 13.7. The Hall–Kier alpha value is -0.0800. The summed E-state index contributed by atoms with van der Waals surface area (Å²) in [5.41, 5.74) is 0. The van der Waals surface area contributed by atoms with Crippen LogP contribution in [0.2, 0.25) is 0 Å². The first-order valence-electron chi connectivity index (χ1n) is 9.33. The summed E-state index contributed by atoms with van der Waals surface area (Å²) < 4.78 is 0. The molecular weight excluding hydrogens is 260 g/mol. The average molecular weight is 303 g/mol. The Bertz CT molecular complexity index is 180. The Labute approximate surface area is 134 Å². The molecule has 0 aliphatic carbocycles. The fraction of sp³-hybridized carbons (Fsp3) is 1.00. The summed E-state index contributed by atoms with van der Waals surface area (Å²) in [5.74, 6) is 0.631. The van der Waals surface area contributed by atoms with E-state index in [0.29, 0.717) is 5.92 Å². The van der Waals surface area contributed by atoms with Crippen LogP contribution in [0, 0.1) is 5.92 Å². The van der Waals surface area contributed by atoms with Crippen LogP contribution in [0.3, 0.4) is 0 Å². The maximum atomic E-state index is 9.45. The van der Waals surface area contributed by atoms with Gasteiger partial charge in [0.2, 0.25) is 0 Å². The van der Waals surface area contributed by atoms with E-state index < -0.39 is 0 Å². The first-order chi connectivity index (χ1) is 9.97. The van der Waals surface area contributed by atoms with E-state index >= 15 is 0 Å². The molecule has 130 valence electrons. The van der Waals surface area contributed by atoms with Gasteiger partial charge in [0.05, 0.1) is 12.2 Å². The first kappa shape index (κ1) is 23.2. The Morgan fingerprint density at radius 3 is 1.62 bits per heavy atom. The van der Waals surface area contributed by atoms with Gasteiger partial charge in [-0.1, -0.05) is 79.6 Å². The lowest BCUT2D eigenvalue weighted by atomic mass is 10.0. The van der Waals surface area contributed by atoms with E-state index in [1.54, 1.807) is 0 Å². The molecule has 0 heterocycles. The van der Waals surface area contributed by atoms with E-state index in [2.05, 4.69) is 27.7 Å². The molecule has 2 N–H and O–H groups in total. The van der Waals surface area contributed by atoms with Crippen LogP contribution in [0.25, 0.3) is 0 Å². The third-order valence-corrected chi connectivity index (χ3v) is 3.75. The van der Waals surface area contributed by atoms with Crippen molar-refractivity contribution in [1.29, 1.82) is 0 Å². The molecular formula is C19H42O2. The van der Waals surface area contributed by atoms with Crippen LogP contribution >= 0.6 is 0 Å². The van der Waals surface area contributed by atoms with Crippen molar-refractivity contribution in [2.75, 3.05) is 0 Å². The Morgan fingerprint density at radius 1 is 0.667 bits per heavy atom. The summed E-state index contributed by atoms with van der Waals surface area (Å²) in [6.45, 7) is 10.7. The van der Waals surface area contributed by atoms with E-state index in [1.807, 2.05) is 6.92 Å². The van der Waals surface area contributed by atoms with Gasteiger partial charge in [0, 0.05) is 0 Å². The van der Waals surface area contributed by atoms with E-state index in [1.165, 1.54) is 44.9 Å². The van der Waals surface area contributed by atoms with Gasteiger partial charge in [-0.25, -0.2) is 0 Å². The van der Waals surface area contributed by atoms with Gasteiger partial charge in [0.15, 0.2) is 0 Å². The Morgan fingerprint density at radius 2 is 1.14 bits per heavy atom. The molecule has 2 nitrogen and oxygen atoms in total. The minimum absolute atomic E-state index is 0.0446. The zero-order chi connectivity index (χ0) is 16.5. The lowest BCUT2D eigenvalue weighted by molar-refractivity contribution is 0.136. The fourth-order valence-corrected chi connectivity index (χ4v) is 2.30. The fourth-order valence-electron chi connectivity index (χ4n) is 2.30. The molecule has 0 radical (unpaired) electrons. The summed E-state index contributed by atoms with van der Waals surface area (Å²) in [5, 5.41) is 18.6. The predicted octanol–water partition coefficient (Wildman–Crippen LogP) is 5.70. The molecule has 0 bridgehead atoms. The molecule has 21 heavy (non-hydrogen) atoms. The first-order valence-corrected chi connectivity index (χ1v) is 9.33. The number of rotatable bonds is 12. The van der Waals surface area contributed by atoms with Crippen molar-refractivity contribution in [3.63, 3.8) is 0 Å². The highest BCUT2D eigenvalue weighted by Gasteiger charge is 2.05. The number of hydrogen-bond acceptors (Lipinski definition) is 2. The maximum absolute atomic E-state index is 9.45. The molecule has 2 unspecified atom stereocenters. The highest BCUT2D eigenvalue weighted by Crippen LogP contribution is 2.11. The average Bonchev–Trinajstić information content (AvgIpc) is 2.43. The van der Waals surface area contributed by atoms with Gasteiger partial charge < -0.3 is 10.2 Å². The molecule has 0 aromatic rings. The molecule has 2 atom stereocenters. The largest absolute Gasteiger partial charge is 0.393 e. The standard InChI is InChI=1S/C10H22O.C9H20O/c1-4-5-6-7-10(11)8-9(2)3;1-3-5-6-7-8-9(10)4-2/h9-11H,4-8H2,1-3H3;9-10H,3-8H2,1-2H3. The van der Waals surface area contributed by atoms with Crippen molar-refractivity contribution >= 4 is 0 Å². The van der Waals surface area contributed by atoms with Gasteiger partial charge in [0.25, 0.3) is 0 Å². The van der Waals surface area contributed by atoms with E-state index in [4.69, 9.17) is 5.11 Å². The number of unbranched alkanes of at least 4 members (excludes halogenated alkanes) is 5. The summed E-state index contributed by atoms with van der Waals surface area (Å²) in [6.07, 6.45) is 12.5. The van der Waals surface area contributed by atoms with Crippen LogP contribution in [0.1, 0.15) is 105 Å². The Kier molecular flexibility index (Phi) is 19.8. The molecule has 0 aromatic carbocycles. The second kappa shape index (κ2) is 18.0. The number of aliphatic hydroxyl groups is 2. The molecule has 0 saturated carbocycles. The maximum Gasteiger partial charge on any atom is 0.0542 e. The van der Waals surface area contributed by atoms with Crippen LogP contribution in [0.4, 0.5) is 0 Å². The second-order valence-electron chi connectivity index (χ2n) is 6.69. The van der Waals surface area contributed by atoms with Crippen molar-refractivity contribution in [3.8, 4) is 0 Å². The quantitative estimate of drug-likeness (QED) is 0.454. The van der Waals surface area contributed by atoms with Gasteiger partial charge >= 0.3 is 0 Å². The van der Waals surface area contributed by atoms with E-state index in [9.17, 15) is 5.11 Å². The van der Waals surface area contributed by atoms with E-state index in [0.717, 1.165) is 25.7 Å². The van der Waals surface area contributed by atoms with E-state index in [-0.39, 0.29) is 12.2 Å². The molecule has 0 aliphatic rings. The lowest BCUT2D eigenvalue weighted by Crippen LogP contribution is -2.09. The summed E-state index contributed by atoms with van der Waals surface area (Å²) in [6, 6.07) is 0. The zero-order valence-corrected chi connectivity index (χ0v) is 15.4. The molecule has 0 amide bonds.